The third-order valence-electron chi connectivity index (χ3n) is 3.24. The summed E-state index contributed by atoms with van der Waals surface area (Å²) in [7, 11) is -3.11. The van der Waals surface area contributed by atoms with Gasteiger partial charge < -0.3 is 5.11 Å². The van der Waals surface area contributed by atoms with Gasteiger partial charge in [-0.25, -0.2) is 17.7 Å². The van der Waals surface area contributed by atoms with Crippen LogP contribution in [0.5, 0.6) is 0 Å². The predicted octanol–water partition coefficient (Wildman–Crippen LogP) is 1.24. The lowest BCUT2D eigenvalue weighted by atomic mass is 9.93. The number of aromatic nitrogens is 1. The van der Waals surface area contributed by atoms with Gasteiger partial charge in [0.15, 0.2) is 0 Å². The second kappa shape index (κ2) is 5.64. The smallest absolute Gasteiger partial charge is 0.211 e. The number of rotatable bonds is 4. The van der Waals surface area contributed by atoms with Crippen LogP contribution in [0.15, 0.2) is 11.6 Å². The van der Waals surface area contributed by atoms with Gasteiger partial charge in [-0.15, -0.1) is 11.3 Å². The summed E-state index contributed by atoms with van der Waals surface area (Å²) in [6.45, 7) is 1.12. The fourth-order valence-corrected chi connectivity index (χ4v) is 3.91. The van der Waals surface area contributed by atoms with Crippen LogP contribution in [0, 0.1) is 5.92 Å². The number of nitrogens with zero attached hydrogens (tertiary/aromatic N) is 2. The fourth-order valence-electron chi connectivity index (χ4n) is 2.34. The number of aliphatic hydroxyl groups is 1. The topological polar surface area (TPSA) is 70.5 Å². The molecule has 1 saturated heterocycles. The Kier molecular flexibility index (Phi) is 4.37. The molecule has 0 radical (unpaired) electrons. The molecule has 0 aromatic carbocycles. The maximum Gasteiger partial charge on any atom is 0.211 e. The minimum Gasteiger partial charge on any atom is -0.386 e. The lowest BCUT2D eigenvalue weighted by Crippen LogP contribution is -2.39. The number of hydrogen-bond donors (Lipinski definition) is 1. The van der Waals surface area contributed by atoms with Gasteiger partial charge in [-0.2, -0.15) is 0 Å². The zero-order valence-corrected chi connectivity index (χ0v) is 12.0. The van der Waals surface area contributed by atoms with E-state index in [1.165, 1.54) is 21.9 Å². The van der Waals surface area contributed by atoms with E-state index in [9.17, 15) is 13.5 Å². The minimum absolute atomic E-state index is 0.215. The van der Waals surface area contributed by atoms with E-state index in [4.69, 9.17) is 0 Å². The molecule has 5 nitrogen and oxygen atoms in total. The molecule has 1 fully saturated rings. The zero-order valence-electron chi connectivity index (χ0n) is 10.3. The van der Waals surface area contributed by atoms with Crippen LogP contribution in [0.4, 0.5) is 0 Å². The molecule has 1 aliphatic heterocycles. The molecule has 2 unspecified atom stereocenters. The van der Waals surface area contributed by atoms with Gasteiger partial charge in [0.25, 0.3) is 0 Å². The van der Waals surface area contributed by atoms with Gasteiger partial charge in [0.2, 0.25) is 10.0 Å². The van der Waals surface area contributed by atoms with Crippen molar-refractivity contribution in [2.24, 2.45) is 5.92 Å². The van der Waals surface area contributed by atoms with E-state index in [0.29, 0.717) is 24.5 Å². The van der Waals surface area contributed by atoms with Gasteiger partial charge in [0.1, 0.15) is 11.1 Å². The average molecular weight is 290 g/mol. The van der Waals surface area contributed by atoms with E-state index in [-0.39, 0.29) is 5.92 Å². The lowest BCUT2D eigenvalue weighted by Gasteiger charge is -2.31. The maximum absolute atomic E-state index is 11.5. The molecule has 0 spiro atoms. The number of hydrogen-bond acceptors (Lipinski definition) is 5. The lowest BCUT2D eigenvalue weighted by molar-refractivity contribution is 0.122. The molecule has 0 bridgehead atoms. The summed E-state index contributed by atoms with van der Waals surface area (Å²) in [6, 6.07) is 0. The molecule has 1 aromatic rings. The summed E-state index contributed by atoms with van der Waals surface area (Å²) >= 11 is 1.43. The maximum atomic E-state index is 11.5. The summed E-state index contributed by atoms with van der Waals surface area (Å²) in [5.74, 6) is 0.215. The van der Waals surface area contributed by atoms with Crippen LogP contribution >= 0.6 is 11.3 Å². The van der Waals surface area contributed by atoms with Crippen LogP contribution < -0.4 is 0 Å². The first-order chi connectivity index (χ1) is 8.47. The highest BCUT2D eigenvalue weighted by atomic mass is 32.2. The largest absolute Gasteiger partial charge is 0.386 e. The highest BCUT2D eigenvalue weighted by Crippen LogP contribution is 2.29. The Morgan fingerprint density at radius 1 is 1.67 bits per heavy atom. The Hall–Kier alpha value is -0.500. The number of thiazole rings is 1. The summed E-state index contributed by atoms with van der Waals surface area (Å²) in [5, 5.41) is 12.6. The molecule has 102 valence electrons. The van der Waals surface area contributed by atoms with Crippen molar-refractivity contribution >= 4 is 21.4 Å². The van der Waals surface area contributed by atoms with Crippen molar-refractivity contribution in [1.82, 2.24) is 9.29 Å². The van der Waals surface area contributed by atoms with Crippen LogP contribution in [0.25, 0.3) is 0 Å². The van der Waals surface area contributed by atoms with Crippen LogP contribution in [0.3, 0.4) is 0 Å². The Bertz CT molecular complexity index is 472. The van der Waals surface area contributed by atoms with E-state index in [2.05, 4.69) is 4.98 Å². The minimum atomic E-state index is -3.11. The Morgan fingerprint density at radius 2 is 2.44 bits per heavy atom. The first kappa shape index (κ1) is 13.9. The number of sulfonamides is 1. The molecular formula is C11H18N2O3S2. The van der Waals surface area contributed by atoms with Crippen molar-refractivity contribution in [3.63, 3.8) is 0 Å². The second-order valence-corrected chi connectivity index (χ2v) is 7.66. The summed E-state index contributed by atoms with van der Waals surface area (Å²) in [4.78, 5) is 4.09. The van der Waals surface area contributed by atoms with Gasteiger partial charge in [-0.05, 0) is 25.2 Å². The van der Waals surface area contributed by atoms with Gasteiger partial charge >= 0.3 is 0 Å². The molecule has 2 rings (SSSR count). The van der Waals surface area contributed by atoms with E-state index >= 15 is 0 Å². The molecule has 7 heteroatoms. The average Bonchev–Trinajstić information content (AvgIpc) is 2.81. The Labute approximate surface area is 112 Å². The quantitative estimate of drug-likeness (QED) is 0.905. The SMILES string of the molecule is CS(=O)(=O)N1CCCC(CC(O)c2nccs2)C1. The van der Waals surface area contributed by atoms with Crippen molar-refractivity contribution < 1.29 is 13.5 Å². The van der Waals surface area contributed by atoms with Crippen LogP contribution in [0.2, 0.25) is 0 Å². The van der Waals surface area contributed by atoms with Crippen molar-refractivity contribution in [2.75, 3.05) is 19.3 Å². The van der Waals surface area contributed by atoms with Gasteiger partial charge in [0, 0.05) is 24.7 Å². The Morgan fingerprint density at radius 3 is 3.06 bits per heavy atom. The molecule has 1 N–H and O–H groups in total. The number of piperidine rings is 1. The molecule has 0 saturated carbocycles. The number of aliphatic hydroxyl groups excluding tert-OH is 1. The van der Waals surface area contributed by atoms with Crippen LogP contribution in [-0.4, -0.2) is 42.2 Å². The molecule has 0 amide bonds. The molecule has 18 heavy (non-hydrogen) atoms. The molecule has 1 aliphatic rings. The first-order valence-corrected chi connectivity index (χ1v) is 8.72. The van der Waals surface area contributed by atoms with E-state index in [1.807, 2.05) is 5.38 Å². The van der Waals surface area contributed by atoms with Gasteiger partial charge in [0.05, 0.1) is 6.26 Å². The van der Waals surface area contributed by atoms with E-state index in [1.54, 1.807) is 6.20 Å². The fraction of sp³-hybridized carbons (Fsp3) is 0.727. The van der Waals surface area contributed by atoms with Crippen molar-refractivity contribution in [1.29, 1.82) is 0 Å². The van der Waals surface area contributed by atoms with Gasteiger partial charge in [-0.3, -0.25) is 0 Å². The first-order valence-electron chi connectivity index (χ1n) is 5.99. The van der Waals surface area contributed by atoms with Crippen molar-refractivity contribution in [3.05, 3.63) is 16.6 Å². The standard InChI is InChI=1S/C11H18N2O3S2/c1-18(15,16)13-5-2-3-9(8-13)7-10(14)11-12-4-6-17-11/h4,6,9-10,14H,2-3,5,7-8H2,1H3. The van der Waals surface area contributed by atoms with Crippen molar-refractivity contribution in [3.8, 4) is 0 Å². The summed E-state index contributed by atoms with van der Waals surface area (Å²) < 4.78 is 24.5. The third kappa shape index (κ3) is 3.50. The summed E-state index contributed by atoms with van der Waals surface area (Å²) in [5.41, 5.74) is 0. The Balaban J connectivity index is 1.94. The van der Waals surface area contributed by atoms with Crippen LogP contribution in [-0.2, 0) is 10.0 Å². The van der Waals surface area contributed by atoms with Crippen LogP contribution in [0.1, 0.15) is 30.4 Å². The second-order valence-electron chi connectivity index (χ2n) is 4.75. The van der Waals surface area contributed by atoms with E-state index < -0.39 is 16.1 Å². The molecule has 2 atom stereocenters. The molecular weight excluding hydrogens is 272 g/mol. The molecule has 0 aliphatic carbocycles. The van der Waals surface area contributed by atoms with E-state index in [0.717, 1.165) is 12.8 Å². The third-order valence-corrected chi connectivity index (χ3v) is 5.39. The molecule has 1 aromatic heterocycles. The van der Waals surface area contributed by atoms with Crippen molar-refractivity contribution in [2.45, 2.75) is 25.4 Å². The molecule has 2 heterocycles. The summed E-state index contributed by atoms with van der Waals surface area (Å²) in [6.07, 6.45) is 4.75. The highest BCUT2D eigenvalue weighted by molar-refractivity contribution is 7.88. The monoisotopic (exact) mass is 290 g/mol. The predicted molar refractivity (Wildman–Crippen MR) is 70.8 cm³/mol. The zero-order chi connectivity index (χ0) is 13.2. The highest BCUT2D eigenvalue weighted by Gasteiger charge is 2.28. The van der Waals surface area contributed by atoms with Gasteiger partial charge in [-0.1, -0.05) is 0 Å². The normalized spacial score (nSPS) is 24.0.